The molecule has 2 aliphatic rings. The Hall–Kier alpha value is -3.16. The van der Waals surface area contributed by atoms with E-state index >= 15 is 0 Å². The van der Waals surface area contributed by atoms with E-state index in [9.17, 15) is 9.59 Å². The van der Waals surface area contributed by atoms with Gasteiger partial charge in [-0.05, 0) is 54.1 Å². The van der Waals surface area contributed by atoms with Crippen molar-refractivity contribution in [2.24, 2.45) is 0 Å². The quantitative estimate of drug-likeness (QED) is 0.576. The third-order valence-corrected chi connectivity index (χ3v) is 6.70. The van der Waals surface area contributed by atoms with Crippen LogP contribution in [0.2, 0.25) is 5.02 Å². The van der Waals surface area contributed by atoms with Crippen LogP contribution < -0.4 is 19.7 Å². The highest BCUT2D eigenvalue weighted by Crippen LogP contribution is 2.44. The van der Waals surface area contributed by atoms with Crippen LogP contribution in [0.1, 0.15) is 21.3 Å². The van der Waals surface area contributed by atoms with E-state index in [2.05, 4.69) is 5.32 Å². The van der Waals surface area contributed by atoms with Gasteiger partial charge in [0.2, 0.25) is 5.91 Å². The van der Waals surface area contributed by atoms with Crippen LogP contribution in [-0.4, -0.2) is 30.8 Å². The number of nitrogens with zero attached hydrogens (tertiary/aromatic N) is 1. The fraction of sp³-hybridized carbons (Fsp3) is 0.167. The number of hydrogen-bond donors (Lipinski definition) is 1. The van der Waals surface area contributed by atoms with E-state index in [0.29, 0.717) is 46.7 Å². The van der Waals surface area contributed by atoms with Gasteiger partial charge in [-0.25, -0.2) is 0 Å². The van der Waals surface area contributed by atoms with Gasteiger partial charge in [0.05, 0.1) is 5.75 Å². The Morgan fingerprint density at radius 3 is 2.44 bits per heavy atom. The van der Waals surface area contributed by atoms with Gasteiger partial charge in [0.15, 0.2) is 11.5 Å². The summed E-state index contributed by atoms with van der Waals surface area (Å²) in [5.41, 5.74) is 2.95. The third-order valence-electron chi connectivity index (χ3n) is 5.23. The Kier molecular flexibility index (Phi) is 5.68. The zero-order valence-electron chi connectivity index (χ0n) is 16.9. The highest BCUT2D eigenvalue weighted by atomic mass is 35.5. The van der Waals surface area contributed by atoms with Gasteiger partial charge in [-0.2, -0.15) is 0 Å². The molecule has 32 heavy (non-hydrogen) atoms. The van der Waals surface area contributed by atoms with Crippen LogP contribution >= 0.6 is 23.4 Å². The number of nitrogens with one attached hydrogen (secondary N) is 1. The Morgan fingerprint density at radius 1 is 0.969 bits per heavy atom. The number of carbonyl (C=O) groups excluding carboxylic acids is 2. The van der Waals surface area contributed by atoms with Crippen LogP contribution in [0.25, 0.3) is 0 Å². The summed E-state index contributed by atoms with van der Waals surface area (Å²) in [6.07, 6.45) is 0. The molecule has 8 heteroatoms. The van der Waals surface area contributed by atoms with Gasteiger partial charge < -0.3 is 14.8 Å². The molecule has 6 nitrogen and oxygen atoms in total. The van der Waals surface area contributed by atoms with Crippen molar-refractivity contribution >= 4 is 46.6 Å². The van der Waals surface area contributed by atoms with Gasteiger partial charge in [-0.1, -0.05) is 23.7 Å². The van der Waals surface area contributed by atoms with Crippen molar-refractivity contribution < 1.29 is 19.1 Å². The molecule has 5 rings (SSSR count). The largest absolute Gasteiger partial charge is 0.486 e. The predicted octanol–water partition coefficient (Wildman–Crippen LogP) is 5.14. The zero-order valence-corrected chi connectivity index (χ0v) is 18.5. The Labute approximate surface area is 194 Å². The van der Waals surface area contributed by atoms with E-state index in [0.717, 1.165) is 11.3 Å². The minimum atomic E-state index is -0.210. The maximum Gasteiger partial charge on any atom is 0.255 e. The van der Waals surface area contributed by atoms with Crippen LogP contribution in [0.15, 0.2) is 66.7 Å². The lowest BCUT2D eigenvalue weighted by Gasteiger charge is -2.26. The molecule has 0 aliphatic carbocycles. The van der Waals surface area contributed by atoms with Crippen LogP contribution in [0.4, 0.5) is 11.4 Å². The average Bonchev–Trinajstić information content (AvgIpc) is 3.21. The number of fused-ring (bicyclic) bond motifs is 1. The first kappa shape index (κ1) is 20.7. The number of amides is 2. The van der Waals surface area contributed by atoms with Crippen molar-refractivity contribution in [3.05, 3.63) is 82.9 Å². The van der Waals surface area contributed by atoms with E-state index in [-0.39, 0.29) is 17.2 Å². The number of rotatable bonds is 4. The number of anilines is 2. The van der Waals surface area contributed by atoms with E-state index in [1.165, 1.54) is 0 Å². The molecular weight excluding hydrogens is 448 g/mol. The Bertz CT molecular complexity index is 1170. The normalized spacial score (nSPS) is 17.3. The monoisotopic (exact) mass is 466 g/mol. The summed E-state index contributed by atoms with van der Waals surface area (Å²) in [5, 5.41) is 3.30. The fourth-order valence-electron chi connectivity index (χ4n) is 3.67. The van der Waals surface area contributed by atoms with Crippen molar-refractivity contribution in [1.82, 2.24) is 0 Å². The lowest BCUT2D eigenvalue weighted by molar-refractivity contribution is -0.115. The number of ether oxygens (including phenoxy) is 2. The molecule has 2 aliphatic heterocycles. The Balaban J connectivity index is 1.34. The predicted molar refractivity (Wildman–Crippen MR) is 126 cm³/mol. The van der Waals surface area contributed by atoms with E-state index < -0.39 is 0 Å². The first-order chi connectivity index (χ1) is 15.6. The summed E-state index contributed by atoms with van der Waals surface area (Å²) in [7, 11) is 0. The highest BCUT2D eigenvalue weighted by Gasteiger charge is 2.34. The SMILES string of the molecule is O=C(Nc1ccc(C2SCC(=O)N2c2ccc3c(c2)OCCO3)cc1)c1ccc(Cl)cc1. The molecule has 1 saturated heterocycles. The molecule has 1 atom stereocenters. The molecule has 1 N–H and O–H groups in total. The molecule has 0 radical (unpaired) electrons. The van der Waals surface area contributed by atoms with E-state index in [1.54, 1.807) is 40.9 Å². The van der Waals surface area contributed by atoms with E-state index in [1.807, 2.05) is 42.5 Å². The van der Waals surface area contributed by atoms with Crippen molar-refractivity contribution in [3.8, 4) is 11.5 Å². The molecule has 2 amide bonds. The molecule has 1 unspecified atom stereocenters. The first-order valence-corrected chi connectivity index (χ1v) is 11.5. The Morgan fingerprint density at radius 2 is 1.69 bits per heavy atom. The summed E-state index contributed by atoms with van der Waals surface area (Å²) in [5.74, 6) is 1.57. The number of benzene rings is 3. The molecule has 3 aromatic rings. The van der Waals surface area contributed by atoms with Crippen LogP contribution in [0.3, 0.4) is 0 Å². The minimum Gasteiger partial charge on any atom is -0.486 e. The summed E-state index contributed by atoms with van der Waals surface area (Å²) in [6, 6.07) is 19.8. The maximum atomic E-state index is 12.7. The van der Waals surface area contributed by atoms with Gasteiger partial charge in [0.1, 0.15) is 18.6 Å². The summed E-state index contributed by atoms with van der Waals surface area (Å²) >= 11 is 7.45. The zero-order chi connectivity index (χ0) is 22.1. The van der Waals surface area contributed by atoms with Gasteiger partial charge >= 0.3 is 0 Å². The van der Waals surface area contributed by atoms with Gasteiger partial charge in [0.25, 0.3) is 5.91 Å². The molecule has 3 aromatic carbocycles. The second kappa shape index (κ2) is 8.76. The van der Waals surface area contributed by atoms with Crippen molar-refractivity contribution in [3.63, 3.8) is 0 Å². The summed E-state index contributed by atoms with van der Waals surface area (Å²) in [4.78, 5) is 26.9. The molecule has 2 heterocycles. The second-order valence-electron chi connectivity index (χ2n) is 7.34. The number of thioether (sulfide) groups is 1. The first-order valence-electron chi connectivity index (χ1n) is 10.1. The number of carbonyl (C=O) groups is 2. The maximum absolute atomic E-state index is 12.7. The topological polar surface area (TPSA) is 67.9 Å². The average molecular weight is 467 g/mol. The van der Waals surface area contributed by atoms with Crippen LogP contribution in [0, 0.1) is 0 Å². The molecule has 0 aromatic heterocycles. The van der Waals surface area contributed by atoms with Gasteiger partial charge in [-0.3, -0.25) is 14.5 Å². The molecule has 0 saturated carbocycles. The summed E-state index contributed by atoms with van der Waals surface area (Å²) in [6.45, 7) is 1.01. The van der Waals surface area contributed by atoms with Crippen LogP contribution in [0.5, 0.6) is 11.5 Å². The van der Waals surface area contributed by atoms with Crippen molar-refractivity contribution in [2.75, 3.05) is 29.2 Å². The highest BCUT2D eigenvalue weighted by molar-refractivity contribution is 8.00. The van der Waals surface area contributed by atoms with Crippen molar-refractivity contribution in [1.29, 1.82) is 0 Å². The number of halogens is 1. The molecule has 0 spiro atoms. The lowest BCUT2D eigenvalue weighted by atomic mass is 10.1. The molecule has 162 valence electrons. The van der Waals surface area contributed by atoms with Crippen LogP contribution in [-0.2, 0) is 4.79 Å². The lowest BCUT2D eigenvalue weighted by Crippen LogP contribution is -2.28. The second-order valence-corrected chi connectivity index (χ2v) is 8.84. The molecule has 1 fully saturated rings. The standard InChI is InChI=1S/C24H19ClN2O4S/c25-17-5-1-15(2-6-17)23(29)26-18-7-3-16(4-8-18)24-27(22(28)14-32-24)19-9-10-20-21(13-19)31-12-11-30-20/h1-10,13,24H,11-12,14H2,(H,26,29). The van der Waals surface area contributed by atoms with Crippen molar-refractivity contribution in [2.45, 2.75) is 5.37 Å². The fourth-order valence-corrected chi connectivity index (χ4v) is 4.97. The molecular formula is C24H19ClN2O4S. The minimum absolute atomic E-state index is 0.0387. The number of hydrogen-bond acceptors (Lipinski definition) is 5. The third kappa shape index (κ3) is 4.13. The summed E-state index contributed by atoms with van der Waals surface area (Å²) < 4.78 is 11.3. The van der Waals surface area contributed by atoms with E-state index in [4.69, 9.17) is 21.1 Å². The smallest absolute Gasteiger partial charge is 0.255 e. The van der Waals surface area contributed by atoms with Gasteiger partial charge in [-0.15, -0.1) is 11.8 Å². The van der Waals surface area contributed by atoms with Gasteiger partial charge in [0, 0.05) is 28.0 Å². The molecule has 0 bridgehead atoms.